The highest BCUT2D eigenvalue weighted by atomic mass is 16.5. The van der Waals surface area contributed by atoms with Crippen LogP contribution in [0.1, 0.15) is 31.9 Å². The Morgan fingerprint density at radius 3 is 2.76 bits per heavy atom. The molecular weight excluding hydrogens is 316 g/mol. The van der Waals surface area contributed by atoms with E-state index in [1.807, 2.05) is 60.8 Å². The van der Waals surface area contributed by atoms with Gasteiger partial charge in [0.1, 0.15) is 0 Å². The SMILES string of the molecule is C[C@H]1CN(C(=O)NCc2ccccc2Cn2cccn2)CC(C)(C)O1. The van der Waals surface area contributed by atoms with Crippen molar-refractivity contribution in [3.05, 3.63) is 53.9 Å². The molecule has 1 atom stereocenters. The molecule has 1 N–H and O–H groups in total. The standard InChI is InChI=1S/C19H26N4O2/c1-15-12-22(14-19(2,3)25-15)18(24)20-11-16-7-4-5-8-17(16)13-23-10-6-9-21-23/h4-10,15H,11-14H2,1-3H3,(H,20,24)/t15-/m0/s1. The van der Waals surface area contributed by atoms with Crippen LogP contribution in [0.3, 0.4) is 0 Å². The molecule has 0 unspecified atom stereocenters. The number of hydrogen-bond acceptors (Lipinski definition) is 3. The molecule has 1 aromatic heterocycles. The summed E-state index contributed by atoms with van der Waals surface area (Å²) in [6.07, 6.45) is 3.75. The highest BCUT2D eigenvalue weighted by molar-refractivity contribution is 5.74. The molecule has 0 bridgehead atoms. The maximum absolute atomic E-state index is 12.6. The molecule has 0 radical (unpaired) electrons. The highest BCUT2D eigenvalue weighted by Crippen LogP contribution is 2.20. The number of rotatable bonds is 4. The molecule has 2 heterocycles. The minimum Gasteiger partial charge on any atom is -0.369 e. The number of hydrogen-bond donors (Lipinski definition) is 1. The Morgan fingerprint density at radius 1 is 1.32 bits per heavy atom. The fraction of sp³-hybridized carbons (Fsp3) is 0.474. The van der Waals surface area contributed by atoms with Crippen molar-refractivity contribution in [1.29, 1.82) is 0 Å². The number of nitrogens with zero attached hydrogens (tertiary/aromatic N) is 3. The van der Waals surface area contributed by atoms with Crippen LogP contribution in [0.25, 0.3) is 0 Å². The lowest BCUT2D eigenvalue weighted by Gasteiger charge is -2.41. The quantitative estimate of drug-likeness (QED) is 0.929. The monoisotopic (exact) mass is 342 g/mol. The van der Waals surface area contributed by atoms with Gasteiger partial charge in [-0.2, -0.15) is 5.10 Å². The normalized spacial score (nSPS) is 19.6. The number of carbonyl (C=O) groups excluding carboxylic acids is 1. The molecule has 3 rings (SSSR count). The van der Waals surface area contributed by atoms with Gasteiger partial charge >= 0.3 is 6.03 Å². The maximum atomic E-state index is 12.6. The molecule has 0 spiro atoms. The largest absolute Gasteiger partial charge is 0.369 e. The Kier molecular flexibility index (Phi) is 5.08. The van der Waals surface area contributed by atoms with Crippen molar-refractivity contribution in [1.82, 2.24) is 20.0 Å². The summed E-state index contributed by atoms with van der Waals surface area (Å²) < 4.78 is 7.75. The molecule has 134 valence electrons. The predicted molar refractivity (Wildman–Crippen MR) is 96.2 cm³/mol. The first-order valence-electron chi connectivity index (χ1n) is 8.68. The van der Waals surface area contributed by atoms with Crippen molar-refractivity contribution in [2.24, 2.45) is 0 Å². The van der Waals surface area contributed by atoms with E-state index in [1.54, 1.807) is 6.20 Å². The van der Waals surface area contributed by atoms with Gasteiger partial charge in [0.15, 0.2) is 0 Å². The molecule has 2 amide bonds. The van der Waals surface area contributed by atoms with E-state index in [-0.39, 0.29) is 17.7 Å². The van der Waals surface area contributed by atoms with Gasteiger partial charge in [0, 0.05) is 25.5 Å². The number of urea groups is 1. The number of nitrogens with one attached hydrogen (secondary N) is 1. The number of carbonyl (C=O) groups is 1. The highest BCUT2D eigenvalue weighted by Gasteiger charge is 2.33. The van der Waals surface area contributed by atoms with Crippen LogP contribution >= 0.6 is 0 Å². The number of morpholine rings is 1. The Labute approximate surface area is 148 Å². The Balaban J connectivity index is 1.62. The van der Waals surface area contributed by atoms with Gasteiger partial charge in [0.25, 0.3) is 0 Å². The molecule has 2 aromatic rings. The van der Waals surface area contributed by atoms with E-state index < -0.39 is 0 Å². The van der Waals surface area contributed by atoms with Crippen LogP contribution in [0.15, 0.2) is 42.7 Å². The molecule has 1 aliphatic heterocycles. The minimum absolute atomic E-state index is 0.0431. The van der Waals surface area contributed by atoms with Gasteiger partial charge in [-0.05, 0) is 38.0 Å². The third-order valence-electron chi connectivity index (χ3n) is 4.30. The first kappa shape index (κ1) is 17.5. The van der Waals surface area contributed by atoms with E-state index in [4.69, 9.17) is 4.74 Å². The summed E-state index contributed by atoms with van der Waals surface area (Å²) in [5.74, 6) is 0. The van der Waals surface area contributed by atoms with E-state index in [1.165, 1.54) is 0 Å². The van der Waals surface area contributed by atoms with E-state index in [0.717, 1.165) is 11.1 Å². The second kappa shape index (κ2) is 7.27. The molecule has 1 aromatic carbocycles. The lowest BCUT2D eigenvalue weighted by Crippen LogP contribution is -2.56. The summed E-state index contributed by atoms with van der Waals surface area (Å²) >= 11 is 0. The van der Waals surface area contributed by atoms with Crippen molar-refractivity contribution >= 4 is 6.03 Å². The maximum Gasteiger partial charge on any atom is 0.317 e. The van der Waals surface area contributed by atoms with Gasteiger partial charge in [0.2, 0.25) is 0 Å². The zero-order valence-corrected chi connectivity index (χ0v) is 15.1. The molecular formula is C19H26N4O2. The van der Waals surface area contributed by atoms with Gasteiger partial charge in [0.05, 0.1) is 24.8 Å². The van der Waals surface area contributed by atoms with Gasteiger partial charge in [-0.3, -0.25) is 4.68 Å². The van der Waals surface area contributed by atoms with Crippen molar-refractivity contribution in [3.63, 3.8) is 0 Å². The van der Waals surface area contributed by atoms with Crippen LogP contribution in [0.4, 0.5) is 4.79 Å². The van der Waals surface area contributed by atoms with Gasteiger partial charge in [-0.1, -0.05) is 24.3 Å². The van der Waals surface area contributed by atoms with Crippen molar-refractivity contribution < 1.29 is 9.53 Å². The Hall–Kier alpha value is -2.34. The number of benzene rings is 1. The van der Waals surface area contributed by atoms with Crippen LogP contribution in [0.2, 0.25) is 0 Å². The summed E-state index contributed by atoms with van der Waals surface area (Å²) in [4.78, 5) is 14.4. The summed E-state index contributed by atoms with van der Waals surface area (Å²) in [6.45, 7) is 8.44. The van der Waals surface area contributed by atoms with E-state index >= 15 is 0 Å². The van der Waals surface area contributed by atoms with Gasteiger partial charge in [-0.15, -0.1) is 0 Å². The van der Waals surface area contributed by atoms with Crippen LogP contribution in [-0.2, 0) is 17.8 Å². The summed E-state index contributed by atoms with van der Waals surface area (Å²) in [7, 11) is 0. The van der Waals surface area contributed by atoms with E-state index in [0.29, 0.717) is 26.2 Å². The average molecular weight is 342 g/mol. The van der Waals surface area contributed by atoms with Crippen molar-refractivity contribution in [2.75, 3.05) is 13.1 Å². The zero-order valence-electron chi connectivity index (χ0n) is 15.1. The fourth-order valence-corrected chi connectivity index (χ4v) is 3.34. The van der Waals surface area contributed by atoms with E-state index in [9.17, 15) is 4.79 Å². The predicted octanol–water partition coefficient (Wildman–Crippen LogP) is 2.64. The van der Waals surface area contributed by atoms with Crippen molar-refractivity contribution in [2.45, 2.75) is 45.6 Å². The first-order chi connectivity index (χ1) is 11.9. The number of aromatic nitrogens is 2. The first-order valence-corrected chi connectivity index (χ1v) is 8.68. The third kappa shape index (κ3) is 4.60. The summed E-state index contributed by atoms with van der Waals surface area (Å²) in [5, 5.41) is 7.30. The summed E-state index contributed by atoms with van der Waals surface area (Å²) in [6, 6.07) is 9.99. The Bertz CT molecular complexity index is 712. The lowest BCUT2D eigenvalue weighted by molar-refractivity contribution is -0.117. The van der Waals surface area contributed by atoms with Crippen LogP contribution in [0.5, 0.6) is 0 Å². The molecule has 25 heavy (non-hydrogen) atoms. The lowest BCUT2D eigenvalue weighted by atomic mass is 10.1. The summed E-state index contributed by atoms with van der Waals surface area (Å²) in [5.41, 5.74) is 1.95. The average Bonchev–Trinajstić information content (AvgIpc) is 3.05. The second-order valence-corrected chi connectivity index (χ2v) is 7.20. The number of ether oxygens (including phenoxy) is 1. The Morgan fingerprint density at radius 2 is 2.08 bits per heavy atom. The second-order valence-electron chi connectivity index (χ2n) is 7.20. The molecule has 6 nitrogen and oxygen atoms in total. The molecule has 6 heteroatoms. The molecule has 0 saturated carbocycles. The fourth-order valence-electron chi connectivity index (χ4n) is 3.34. The van der Waals surface area contributed by atoms with Crippen LogP contribution in [0, 0.1) is 0 Å². The van der Waals surface area contributed by atoms with Crippen molar-refractivity contribution in [3.8, 4) is 0 Å². The number of amides is 2. The minimum atomic E-state index is -0.312. The van der Waals surface area contributed by atoms with Crippen LogP contribution in [-0.4, -0.2) is 45.5 Å². The van der Waals surface area contributed by atoms with E-state index in [2.05, 4.69) is 16.5 Å². The third-order valence-corrected chi connectivity index (χ3v) is 4.30. The molecule has 1 fully saturated rings. The zero-order chi connectivity index (χ0) is 17.9. The van der Waals surface area contributed by atoms with Gasteiger partial charge < -0.3 is 15.0 Å². The topological polar surface area (TPSA) is 59.4 Å². The smallest absolute Gasteiger partial charge is 0.317 e. The molecule has 1 aliphatic rings. The molecule has 1 saturated heterocycles. The van der Waals surface area contributed by atoms with Crippen LogP contribution < -0.4 is 5.32 Å². The van der Waals surface area contributed by atoms with Gasteiger partial charge in [-0.25, -0.2) is 4.79 Å². The molecule has 0 aliphatic carbocycles.